The summed E-state index contributed by atoms with van der Waals surface area (Å²) in [6.45, 7) is 9.48. The van der Waals surface area contributed by atoms with Gasteiger partial charge in [-0.2, -0.15) is 0 Å². The zero-order valence-corrected chi connectivity index (χ0v) is 11.6. The predicted octanol–water partition coefficient (Wildman–Crippen LogP) is 3.99. The lowest BCUT2D eigenvalue weighted by Crippen LogP contribution is -2.01. The summed E-state index contributed by atoms with van der Waals surface area (Å²) in [5.74, 6) is 0. The van der Waals surface area contributed by atoms with Gasteiger partial charge >= 0.3 is 0 Å². The third-order valence-corrected chi connectivity index (χ3v) is 3.38. The molecule has 0 amide bonds. The van der Waals surface area contributed by atoms with E-state index < -0.39 is 0 Å². The molecule has 0 unspecified atom stereocenters. The second-order valence-corrected chi connectivity index (χ2v) is 4.88. The number of aromatic nitrogens is 3. The Morgan fingerprint density at radius 2 is 1.90 bits per heavy atom. The summed E-state index contributed by atoms with van der Waals surface area (Å²) in [5, 5.41) is 0.423. The van der Waals surface area contributed by atoms with E-state index in [1.54, 1.807) is 12.1 Å². The van der Waals surface area contributed by atoms with E-state index in [1.807, 2.05) is 35.8 Å². The first-order valence-electron chi connectivity index (χ1n) is 6.13. The summed E-state index contributed by atoms with van der Waals surface area (Å²) < 4.78 is 1.87. The molecule has 5 heteroatoms. The quantitative estimate of drug-likeness (QED) is 0.666. The van der Waals surface area contributed by atoms with E-state index in [2.05, 4.69) is 14.8 Å². The van der Waals surface area contributed by atoms with Gasteiger partial charge in [-0.3, -0.25) is 4.57 Å². The van der Waals surface area contributed by atoms with E-state index in [9.17, 15) is 0 Å². The van der Waals surface area contributed by atoms with Crippen LogP contribution in [-0.2, 0) is 6.54 Å². The van der Waals surface area contributed by atoms with Gasteiger partial charge in [0, 0.05) is 5.69 Å². The number of aryl methyl sites for hydroxylation is 1. The van der Waals surface area contributed by atoms with Crippen LogP contribution in [0.5, 0.6) is 0 Å². The molecule has 0 radical (unpaired) electrons. The lowest BCUT2D eigenvalue weighted by Gasteiger charge is -2.06. The molecule has 0 aliphatic heterocycles. The number of nitrogens with zero attached hydrogens (tertiary/aromatic N) is 4. The lowest BCUT2D eigenvalue weighted by molar-refractivity contribution is 0.814. The fourth-order valence-corrected chi connectivity index (χ4v) is 2.30. The normalized spacial score (nSPS) is 10.7. The van der Waals surface area contributed by atoms with Gasteiger partial charge < -0.3 is 0 Å². The van der Waals surface area contributed by atoms with Gasteiger partial charge in [0.05, 0.1) is 13.1 Å². The van der Waals surface area contributed by atoms with Crippen molar-refractivity contribution in [2.24, 2.45) is 0 Å². The number of benzene rings is 1. The Bertz CT molecular complexity index is 812. The average Bonchev–Trinajstić information content (AvgIpc) is 2.76. The Hall–Kier alpha value is -2.38. The fraction of sp³-hybridized carbons (Fsp3) is 0.133. The van der Waals surface area contributed by atoms with Gasteiger partial charge in [-0.05, 0) is 36.2 Å². The second-order valence-electron chi connectivity index (χ2n) is 4.54. The van der Waals surface area contributed by atoms with Crippen molar-refractivity contribution in [3.8, 4) is 0 Å². The van der Waals surface area contributed by atoms with E-state index >= 15 is 0 Å². The molecular weight excluding hydrogens is 272 g/mol. The highest BCUT2D eigenvalue weighted by atomic mass is 35.5. The monoisotopic (exact) mass is 282 g/mol. The molecule has 2 heterocycles. The van der Waals surface area contributed by atoms with E-state index in [1.165, 1.54) is 0 Å². The molecule has 98 valence electrons. The van der Waals surface area contributed by atoms with Crippen molar-refractivity contribution >= 4 is 28.5 Å². The van der Waals surface area contributed by atoms with Crippen LogP contribution in [0.2, 0.25) is 5.28 Å². The minimum Gasteiger partial charge on any atom is -0.295 e. The Morgan fingerprint density at radius 3 is 2.60 bits per heavy atom. The Kier molecular flexibility index (Phi) is 3.13. The number of rotatable bonds is 2. The molecule has 0 saturated carbocycles. The summed E-state index contributed by atoms with van der Waals surface area (Å²) in [4.78, 5) is 12.2. The molecule has 1 aromatic carbocycles. The van der Waals surface area contributed by atoms with Gasteiger partial charge in [0.2, 0.25) is 5.28 Å². The van der Waals surface area contributed by atoms with Crippen LogP contribution in [0, 0.1) is 13.5 Å². The Morgan fingerprint density at radius 1 is 1.15 bits per heavy atom. The number of fused-ring (bicyclic) bond motifs is 1. The topological polar surface area (TPSA) is 35.1 Å². The Balaban J connectivity index is 2.03. The van der Waals surface area contributed by atoms with Crippen LogP contribution < -0.4 is 0 Å². The van der Waals surface area contributed by atoms with Gasteiger partial charge in [0.1, 0.15) is 5.52 Å². The summed E-state index contributed by atoms with van der Waals surface area (Å²) in [5.41, 5.74) is 4.19. The SMILES string of the molecule is [C-]#[N+]c1ccc(Cn2c(Cl)nc3ccc(C)nc32)cc1. The number of hydrogen-bond donors (Lipinski definition) is 0. The van der Waals surface area contributed by atoms with E-state index in [0.717, 1.165) is 22.4 Å². The number of pyridine rings is 1. The van der Waals surface area contributed by atoms with Crippen molar-refractivity contribution in [1.82, 2.24) is 14.5 Å². The molecule has 0 N–H and O–H groups in total. The van der Waals surface area contributed by atoms with Gasteiger partial charge in [-0.15, -0.1) is 0 Å². The van der Waals surface area contributed by atoms with Crippen LogP contribution >= 0.6 is 11.6 Å². The van der Waals surface area contributed by atoms with Gasteiger partial charge in [-0.1, -0.05) is 24.3 Å². The van der Waals surface area contributed by atoms with E-state index in [4.69, 9.17) is 18.2 Å². The molecule has 0 spiro atoms. The Labute approximate surface area is 121 Å². The van der Waals surface area contributed by atoms with Crippen LogP contribution in [0.1, 0.15) is 11.3 Å². The average molecular weight is 283 g/mol. The summed E-state index contributed by atoms with van der Waals surface area (Å²) in [7, 11) is 0. The molecule has 0 bridgehead atoms. The summed E-state index contributed by atoms with van der Waals surface area (Å²) in [6.07, 6.45) is 0. The molecule has 0 atom stereocenters. The lowest BCUT2D eigenvalue weighted by atomic mass is 10.2. The number of imidazole rings is 1. The van der Waals surface area contributed by atoms with Gasteiger partial charge in [0.25, 0.3) is 0 Å². The van der Waals surface area contributed by atoms with Crippen molar-refractivity contribution < 1.29 is 0 Å². The van der Waals surface area contributed by atoms with Crippen LogP contribution in [0.15, 0.2) is 36.4 Å². The minimum atomic E-state index is 0.423. The first kappa shape index (κ1) is 12.6. The first-order valence-corrected chi connectivity index (χ1v) is 6.51. The van der Waals surface area contributed by atoms with Crippen LogP contribution in [0.4, 0.5) is 5.69 Å². The van der Waals surface area contributed by atoms with Crippen LogP contribution in [-0.4, -0.2) is 14.5 Å². The van der Waals surface area contributed by atoms with Crippen LogP contribution in [0.3, 0.4) is 0 Å². The maximum atomic E-state index is 6.95. The minimum absolute atomic E-state index is 0.423. The smallest absolute Gasteiger partial charge is 0.205 e. The van der Waals surface area contributed by atoms with Crippen molar-refractivity contribution in [3.05, 3.63) is 64.4 Å². The molecule has 4 nitrogen and oxygen atoms in total. The maximum absolute atomic E-state index is 6.95. The maximum Gasteiger partial charge on any atom is 0.205 e. The molecule has 20 heavy (non-hydrogen) atoms. The highest BCUT2D eigenvalue weighted by molar-refractivity contribution is 6.29. The third kappa shape index (κ3) is 2.24. The fourth-order valence-electron chi connectivity index (χ4n) is 2.07. The van der Waals surface area contributed by atoms with Gasteiger partial charge in [-0.25, -0.2) is 14.8 Å². The molecule has 3 aromatic rings. The molecule has 0 fully saturated rings. The van der Waals surface area contributed by atoms with E-state index in [0.29, 0.717) is 17.5 Å². The molecule has 0 saturated heterocycles. The van der Waals surface area contributed by atoms with Crippen molar-refractivity contribution in [1.29, 1.82) is 0 Å². The molecule has 0 aliphatic carbocycles. The van der Waals surface area contributed by atoms with Crippen LogP contribution in [0.25, 0.3) is 16.0 Å². The summed E-state index contributed by atoms with van der Waals surface area (Å²) >= 11 is 6.19. The third-order valence-electron chi connectivity index (χ3n) is 3.09. The van der Waals surface area contributed by atoms with Crippen molar-refractivity contribution in [2.75, 3.05) is 0 Å². The molecular formula is C15H11ClN4. The van der Waals surface area contributed by atoms with E-state index in [-0.39, 0.29) is 0 Å². The molecule has 2 aromatic heterocycles. The number of hydrogen-bond acceptors (Lipinski definition) is 2. The number of halogens is 1. The molecule has 3 rings (SSSR count). The second kappa shape index (κ2) is 4.95. The molecule has 0 aliphatic rings. The standard InChI is InChI=1S/C15H11ClN4/c1-10-3-8-13-14(18-10)20(15(16)19-13)9-11-4-6-12(17-2)7-5-11/h3-8H,9H2,1H3. The zero-order chi connectivity index (χ0) is 14.1. The van der Waals surface area contributed by atoms with Crippen molar-refractivity contribution in [2.45, 2.75) is 13.5 Å². The van der Waals surface area contributed by atoms with Gasteiger partial charge in [0.15, 0.2) is 11.3 Å². The highest BCUT2D eigenvalue weighted by Crippen LogP contribution is 2.21. The van der Waals surface area contributed by atoms with Crippen molar-refractivity contribution in [3.63, 3.8) is 0 Å². The zero-order valence-electron chi connectivity index (χ0n) is 10.8. The summed E-state index contributed by atoms with van der Waals surface area (Å²) in [6, 6.07) is 11.3. The highest BCUT2D eigenvalue weighted by Gasteiger charge is 2.10. The largest absolute Gasteiger partial charge is 0.295 e. The first-order chi connectivity index (χ1) is 9.67. The predicted molar refractivity (Wildman–Crippen MR) is 79.1 cm³/mol.